The predicted molar refractivity (Wildman–Crippen MR) is 73.4 cm³/mol. The lowest BCUT2D eigenvalue weighted by molar-refractivity contribution is -0.136. The summed E-state index contributed by atoms with van der Waals surface area (Å²) < 4.78 is 27.3. The van der Waals surface area contributed by atoms with Gasteiger partial charge in [-0.25, -0.2) is 4.98 Å². The zero-order chi connectivity index (χ0) is 14.6. The molecule has 0 amide bonds. The molecule has 2 aromatic rings. The number of carbonyl (C=O) groups is 1. The van der Waals surface area contributed by atoms with E-state index >= 15 is 0 Å². The van der Waals surface area contributed by atoms with Crippen molar-refractivity contribution in [1.82, 2.24) is 4.98 Å². The van der Waals surface area contributed by atoms with E-state index in [9.17, 15) is 13.2 Å². The highest BCUT2D eigenvalue weighted by Gasteiger charge is 2.05. The van der Waals surface area contributed by atoms with Gasteiger partial charge in [0, 0.05) is 0 Å². The molecule has 0 saturated carbocycles. The van der Waals surface area contributed by atoms with Crippen LogP contribution in [0.25, 0.3) is 10.2 Å². The molecule has 1 heterocycles. The van der Waals surface area contributed by atoms with Crippen LogP contribution in [0.2, 0.25) is 4.47 Å². The largest absolute Gasteiger partial charge is 0.481 e. The first kappa shape index (κ1) is 15.8. The van der Waals surface area contributed by atoms with Gasteiger partial charge in [0.1, 0.15) is 0 Å². The van der Waals surface area contributed by atoms with Gasteiger partial charge in [-0.3, -0.25) is 9.35 Å². The molecule has 1 aromatic carbocycles. The highest BCUT2D eigenvalue weighted by atomic mass is 35.5. The first-order valence-corrected chi connectivity index (χ1v) is 7.88. The van der Waals surface area contributed by atoms with E-state index in [1.807, 2.05) is 6.07 Å². The maximum atomic E-state index is 10.5. The van der Waals surface area contributed by atoms with E-state index in [2.05, 4.69) is 4.98 Å². The van der Waals surface area contributed by atoms with E-state index < -0.39 is 16.1 Å². The second kappa shape index (κ2) is 6.29. The van der Waals surface area contributed by atoms with Gasteiger partial charge < -0.3 is 5.11 Å². The molecule has 19 heavy (non-hydrogen) atoms. The van der Waals surface area contributed by atoms with Crippen molar-refractivity contribution in [1.29, 1.82) is 0 Å². The fraction of sp³-hybridized carbons (Fsp3) is 0.200. The normalized spacial score (nSPS) is 10.9. The molecule has 104 valence electrons. The fourth-order valence-electron chi connectivity index (χ4n) is 1.23. The third kappa shape index (κ3) is 6.48. The number of nitrogens with zero attached hydrogens (tertiary/aromatic N) is 1. The van der Waals surface area contributed by atoms with E-state index in [4.69, 9.17) is 21.3 Å². The molecule has 6 nitrogen and oxygen atoms in total. The van der Waals surface area contributed by atoms with E-state index in [-0.39, 0.29) is 6.42 Å². The molecule has 0 saturated heterocycles. The van der Waals surface area contributed by atoms with Crippen molar-refractivity contribution in [2.45, 2.75) is 6.42 Å². The fourth-order valence-corrected chi connectivity index (χ4v) is 2.24. The molecular weight excluding hydrogens is 314 g/mol. The number of thiazole rings is 1. The molecule has 0 spiro atoms. The minimum absolute atomic E-state index is 0.0189. The SMILES string of the molecule is CS(=O)(=O)O.O=C(O)Cc1ccc2sc(Cl)nc2c1. The molecule has 0 bridgehead atoms. The van der Waals surface area contributed by atoms with E-state index in [0.717, 1.165) is 15.8 Å². The van der Waals surface area contributed by atoms with Gasteiger partial charge in [-0.2, -0.15) is 8.42 Å². The first-order valence-electron chi connectivity index (χ1n) is 4.84. The Labute approximate surface area is 118 Å². The summed E-state index contributed by atoms with van der Waals surface area (Å²) in [5.41, 5.74) is 1.51. The maximum absolute atomic E-state index is 10.5. The molecule has 0 aliphatic carbocycles. The minimum atomic E-state index is -3.67. The van der Waals surface area contributed by atoms with Crippen LogP contribution in [-0.4, -0.2) is 35.3 Å². The molecule has 0 unspecified atom stereocenters. The van der Waals surface area contributed by atoms with Crippen LogP contribution >= 0.6 is 22.9 Å². The van der Waals surface area contributed by atoms with Crippen LogP contribution in [0.1, 0.15) is 5.56 Å². The third-order valence-electron chi connectivity index (χ3n) is 1.78. The Morgan fingerprint density at radius 2 is 2.05 bits per heavy atom. The highest BCUT2D eigenvalue weighted by Crippen LogP contribution is 2.26. The lowest BCUT2D eigenvalue weighted by atomic mass is 10.1. The molecule has 2 rings (SSSR count). The summed E-state index contributed by atoms with van der Waals surface area (Å²) >= 11 is 7.12. The van der Waals surface area contributed by atoms with Crippen LogP contribution in [0.4, 0.5) is 0 Å². The van der Waals surface area contributed by atoms with Gasteiger partial charge in [-0.1, -0.05) is 17.7 Å². The Bertz CT molecular complexity index is 687. The van der Waals surface area contributed by atoms with Gasteiger partial charge in [0.25, 0.3) is 10.1 Å². The summed E-state index contributed by atoms with van der Waals surface area (Å²) in [5, 5.41) is 8.60. The third-order valence-corrected chi connectivity index (χ3v) is 2.92. The topological polar surface area (TPSA) is 105 Å². The van der Waals surface area contributed by atoms with Gasteiger partial charge in [0.2, 0.25) is 0 Å². The summed E-state index contributed by atoms with van der Waals surface area (Å²) in [4.78, 5) is 14.5. The van der Waals surface area contributed by atoms with Crippen LogP contribution < -0.4 is 0 Å². The lowest BCUT2D eigenvalue weighted by Gasteiger charge is -1.95. The molecule has 2 N–H and O–H groups in total. The second-order valence-electron chi connectivity index (χ2n) is 3.57. The average molecular weight is 324 g/mol. The Hall–Kier alpha value is -1.22. The van der Waals surface area contributed by atoms with Gasteiger partial charge in [0.05, 0.1) is 22.9 Å². The number of fused-ring (bicyclic) bond motifs is 1. The smallest absolute Gasteiger partial charge is 0.307 e. The van der Waals surface area contributed by atoms with Gasteiger partial charge in [-0.15, -0.1) is 11.3 Å². The summed E-state index contributed by atoms with van der Waals surface area (Å²) in [6.45, 7) is 0. The zero-order valence-electron chi connectivity index (χ0n) is 9.70. The molecular formula is C10H10ClNO5S2. The van der Waals surface area contributed by atoms with Crippen LogP contribution in [0.5, 0.6) is 0 Å². The Balaban J connectivity index is 0.000000312. The number of halogens is 1. The van der Waals surface area contributed by atoms with E-state index in [1.54, 1.807) is 12.1 Å². The lowest BCUT2D eigenvalue weighted by Crippen LogP contribution is -1.99. The number of hydrogen-bond donors (Lipinski definition) is 2. The van der Waals surface area contributed by atoms with Crippen LogP contribution in [0.15, 0.2) is 18.2 Å². The Morgan fingerprint density at radius 1 is 1.47 bits per heavy atom. The molecule has 0 aliphatic rings. The summed E-state index contributed by atoms with van der Waals surface area (Å²) in [6.07, 6.45) is 0.734. The van der Waals surface area contributed by atoms with Crippen molar-refractivity contribution < 1.29 is 22.9 Å². The van der Waals surface area contributed by atoms with Crippen LogP contribution in [-0.2, 0) is 21.3 Å². The van der Waals surface area contributed by atoms with E-state index in [1.165, 1.54) is 11.3 Å². The molecule has 0 aliphatic heterocycles. The monoisotopic (exact) mass is 323 g/mol. The maximum Gasteiger partial charge on any atom is 0.307 e. The van der Waals surface area contributed by atoms with Crippen molar-refractivity contribution >= 4 is 49.2 Å². The zero-order valence-corrected chi connectivity index (χ0v) is 12.1. The summed E-state index contributed by atoms with van der Waals surface area (Å²) in [6, 6.07) is 5.38. The minimum Gasteiger partial charge on any atom is -0.481 e. The quantitative estimate of drug-likeness (QED) is 0.820. The Morgan fingerprint density at radius 3 is 2.58 bits per heavy atom. The second-order valence-corrected chi connectivity index (χ2v) is 6.65. The van der Waals surface area contributed by atoms with Crippen molar-refractivity contribution in [2.24, 2.45) is 0 Å². The number of carboxylic acids is 1. The number of aromatic nitrogens is 1. The van der Waals surface area contributed by atoms with Crippen molar-refractivity contribution in [3.05, 3.63) is 28.2 Å². The summed E-state index contributed by atoms with van der Waals surface area (Å²) in [5.74, 6) is -0.842. The highest BCUT2D eigenvalue weighted by molar-refractivity contribution is 7.85. The van der Waals surface area contributed by atoms with Crippen LogP contribution in [0, 0.1) is 0 Å². The molecule has 1 aromatic heterocycles. The predicted octanol–water partition coefficient (Wildman–Crippen LogP) is 2.08. The number of benzene rings is 1. The first-order chi connectivity index (χ1) is 8.65. The summed E-state index contributed by atoms with van der Waals surface area (Å²) in [7, 11) is -3.67. The van der Waals surface area contributed by atoms with Gasteiger partial charge in [0.15, 0.2) is 4.47 Å². The standard InChI is InChI=1S/C9H6ClNO2S.CH4O3S/c10-9-11-6-3-5(4-8(12)13)1-2-7(6)14-9;1-5(2,3)4/h1-3H,4H2,(H,12,13);1H3,(H,2,3,4). The molecule has 0 atom stereocenters. The molecule has 9 heteroatoms. The molecule has 0 fully saturated rings. The van der Waals surface area contributed by atoms with E-state index in [0.29, 0.717) is 10.7 Å². The van der Waals surface area contributed by atoms with Crippen molar-refractivity contribution in [3.63, 3.8) is 0 Å². The number of aliphatic carboxylic acids is 1. The molecule has 0 radical (unpaired) electrons. The van der Waals surface area contributed by atoms with Crippen LogP contribution in [0.3, 0.4) is 0 Å². The number of hydrogen-bond acceptors (Lipinski definition) is 5. The average Bonchev–Trinajstić information content (AvgIpc) is 2.53. The van der Waals surface area contributed by atoms with Crippen molar-refractivity contribution in [2.75, 3.05) is 6.26 Å². The number of carboxylic acid groups (broad SMARTS) is 1. The number of rotatable bonds is 2. The van der Waals surface area contributed by atoms with Gasteiger partial charge in [-0.05, 0) is 17.7 Å². The van der Waals surface area contributed by atoms with Gasteiger partial charge >= 0.3 is 5.97 Å². The Kier molecular flexibility index (Phi) is 5.24. The van der Waals surface area contributed by atoms with Crippen molar-refractivity contribution in [3.8, 4) is 0 Å².